The van der Waals surface area contributed by atoms with Gasteiger partial charge in [-0.05, 0) is 12.8 Å². The summed E-state index contributed by atoms with van der Waals surface area (Å²) in [5.41, 5.74) is 0. The molecule has 0 atom stereocenters. The highest BCUT2D eigenvalue weighted by molar-refractivity contribution is 4.86. The lowest BCUT2D eigenvalue weighted by molar-refractivity contribution is 0.194. The largest absolute Gasteiger partial charge is 0.424 e. The van der Waals surface area contributed by atoms with Crippen LogP contribution in [0.3, 0.4) is 0 Å². The molecule has 0 saturated heterocycles. The maximum Gasteiger partial charge on any atom is 0.230 e. The van der Waals surface area contributed by atoms with Crippen LogP contribution in [0.1, 0.15) is 24.6 Å². The average molecular weight is 197 g/mol. The molecule has 14 heavy (non-hydrogen) atoms. The van der Waals surface area contributed by atoms with Gasteiger partial charge >= 0.3 is 0 Å². The molecule has 0 spiro atoms. The minimum atomic E-state index is 0.623. The van der Waals surface area contributed by atoms with Gasteiger partial charge in [-0.15, -0.1) is 10.2 Å². The van der Waals surface area contributed by atoms with Crippen molar-refractivity contribution in [3.63, 3.8) is 0 Å². The molecule has 1 aromatic heterocycles. The van der Waals surface area contributed by atoms with Crippen LogP contribution >= 0.6 is 0 Å². The molecular weight excluding hydrogens is 182 g/mol. The fourth-order valence-electron chi connectivity index (χ4n) is 1.17. The Morgan fingerprint density at radius 3 is 2.93 bits per heavy atom. The van der Waals surface area contributed by atoms with Gasteiger partial charge < -0.3 is 14.5 Å². The zero-order chi connectivity index (χ0) is 9.80. The molecule has 1 saturated carbocycles. The van der Waals surface area contributed by atoms with E-state index in [1.165, 1.54) is 12.8 Å². The second-order valence-electron chi connectivity index (χ2n) is 3.49. The summed E-state index contributed by atoms with van der Waals surface area (Å²) in [5.74, 6) is 1.32. The molecule has 0 unspecified atom stereocenters. The molecule has 1 aliphatic rings. The second-order valence-corrected chi connectivity index (χ2v) is 3.49. The van der Waals surface area contributed by atoms with Crippen molar-refractivity contribution in [2.75, 3.05) is 13.7 Å². The molecule has 1 aromatic rings. The summed E-state index contributed by atoms with van der Waals surface area (Å²) in [6.45, 7) is 1.31. The minimum Gasteiger partial charge on any atom is -0.424 e. The molecular formula is C9H15N3O2. The van der Waals surface area contributed by atoms with Gasteiger partial charge in [0, 0.05) is 19.6 Å². The van der Waals surface area contributed by atoms with Gasteiger partial charge in [0.05, 0.1) is 13.2 Å². The Kier molecular flexibility index (Phi) is 3.10. The molecule has 1 N–H and O–H groups in total. The molecule has 1 aliphatic carbocycles. The van der Waals surface area contributed by atoms with Crippen LogP contribution in [0.4, 0.5) is 0 Å². The van der Waals surface area contributed by atoms with Crippen LogP contribution in [0.25, 0.3) is 0 Å². The summed E-state index contributed by atoms with van der Waals surface area (Å²) in [5, 5.41) is 11.2. The SMILES string of the molecule is COCCc1nnc(CNC2CC2)o1. The van der Waals surface area contributed by atoms with Gasteiger partial charge in [-0.1, -0.05) is 0 Å². The number of methoxy groups -OCH3 is 1. The lowest BCUT2D eigenvalue weighted by Gasteiger charge is -1.95. The van der Waals surface area contributed by atoms with E-state index in [1.54, 1.807) is 7.11 Å². The molecule has 0 bridgehead atoms. The Balaban J connectivity index is 1.76. The van der Waals surface area contributed by atoms with Crippen LogP contribution in [-0.4, -0.2) is 30.0 Å². The highest BCUT2D eigenvalue weighted by Crippen LogP contribution is 2.19. The lowest BCUT2D eigenvalue weighted by Crippen LogP contribution is -2.15. The Labute approximate surface area is 82.8 Å². The van der Waals surface area contributed by atoms with Crippen LogP contribution < -0.4 is 5.32 Å². The number of hydrogen-bond acceptors (Lipinski definition) is 5. The normalized spacial score (nSPS) is 16.1. The van der Waals surface area contributed by atoms with Crippen molar-refractivity contribution in [1.82, 2.24) is 15.5 Å². The number of nitrogens with one attached hydrogen (secondary N) is 1. The quantitative estimate of drug-likeness (QED) is 0.720. The Morgan fingerprint density at radius 1 is 1.43 bits per heavy atom. The van der Waals surface area contributed by atoms with Crippen molar-refractivity contribution in [3.8, 4) is 0 Å². The first-order chi connectivity index (χ1) is 6.88. The van der Waals surface area contributed by atoms with E-state index in [-0.39, 0.29) is 0 Å². The molecule has 0 aliphatic heterocycles. The van der Waals surface area contributed by atoms with Gasteiger partial charge in [-0.2, -0.15) is 0 Å². The van der Waals surface area contributed by atoms with E-state index in [9.17, 15) is 0 Å². The fourth-order valence-corrected chi connectivity index (χ4v) is 1.17. The summed E-state index contributed by atoms with van der Waals surface area (Å²) in [6.07, 6.45) is 3.22. The van der Waals surface area contributed by atoms with Crippen molar-refractivity contribution < 1.29 is 9.15 Å². The fraction of sp³-hybridized carbons (Fsp3) is 0.778. The third-order valence-electron chi connectivity index (χ3n) is 2.15. The zero-order valence-corrected chi connectivity index (χ0v) is 8.32. The van der Waals surface area contributed by atoms with E-state index >= 15 is 0 Å². The van der Waals surface area contributed by atoms with Crippen molar-refractivity contribution in [1.29, 1.82) is 0 Å². The molecule has 5 heteroatoms. The first kappa shape index (κ1) is 9.61. The summed E-state index contributed by atoms with van der Waals surface area (Å²) in [6, 6.07) is 0.671. The van der Waals surface area contributed by atoms with E-state index in [0.717, 1.165) is 0 Å². The van der Waals surface area contributed by atoms with Crippen molar-refractivity contribution in [3.05, 3.63) is 11.8 Å². The van der Waals surface area contributed by atoms with E-state index in [1.807, 2.05) is 0 Å². The first-order valence-corrected chi connectivity index (χ1v) is 4.92. The number of nitrogens with zero attached hydrogens (tertiary/aromatic N) is 2. The molecule has 0 aromatic carbocycles. The third-order valence-corrected chi connectivity index (χ3v) is 2.15. The van der Waals surface area contributed by atoms with Gasteiger partial charge in [0.1, 0.15) is 0 Å². The molecule has 1 heterocycles. The van der Waals surface area contributed by atoms with Crippen LogP contribution in [0.2, 0.25) is 0 Å². The average Bonchev–Trinajstić information content (AvgIpc) is 2.92. The molecule has 78 valence electrons. The minimum absolute atomic E-state index is 0.623. The maximum atomic E-state index is 5.40. The van der Waals surface area contributed by atoms with Gasteiger partial charge in [-0.3, -0.25) is 0 Å². The van der Waals surface area contributed by atoms with E-state index in [4.69, 9.17) is 9.15 Å². The topological polar surface area (TPSA) is 60.2 Å². The highest BCUT2D eigenvalue weighted by atomic mass is 16.5. The van der Waals surface area contributed by atoms with Crippen LogP contribution in [0.15, 0.2) is 4.42 Å². The number of rotatable bonds is 6. The number of aromatic nitrogens is 2. The van der Waals surface area contributed by atoms with Gasteiger partial charge in [0.15, 0.2) is 0 Å². The molecule has 5 nitrogen and oxygen atoms in total. The summed E-state index contributed by atoms with van der Waals surface area (Å²) in [4.78, 5) is 0. The molecule has 0 radical (unpaired) electrons. The summed E-state index contributed by atoms with van der Waals surface area (Å²) >= 11 is 0. The maximum absolute atomic E-state index is 5.40. The molecule has 1 fully saturated rings. The highest BCUT2D eigenvalue weighted by Gasteiger charge is 2.21. The standard InChI is InChI=1S/C9H15N3O2/c1-13-5-4-8-11-12-9(14-8)6-10-7-2-3-7/h7,10H,2-6H2,1H3. The predicted molar refractivity (Wildman–Crippen MR) is 49.7 cm³/mol. The number of ether oxygens (including phenoxy) is 1. The van der Waals surface area contributed by atoms with E-state index in [0.29, 0.717) is 37.4 Å². The lowest BCUT2D eigenvalue weighted by atomic mass is 10.5. The monoisotopic (exact) mass is 197 g/mol. The Morgan fingerprint density at radius 2 is 2.21 bits per heavy atom. The van der Waals surface area contributed by atoms with E-state index < -0.39 is 0 Å². The van der Waals surface area contributed by atoms with Gasteiger partial charge in [-0.25, -0.2) is 0 Å². The molecule has 0 amide bonds. The van der Waals surface area contributed by atoms with Crippen LogP contribution in [0.5, 0.6) is 0 Å². The van der Waals surface area contributed by atoms with E-state index in [2.05, 4.69) is 15.5 Å². The second kappa shape index (κ2) is 4.52. The Bertz CT molecular complexity index is 283. The zero-order valence-electron chi connectivity index (χ0n) is 8.32. The van der Waals surface area contributed by atoms with Crippen molar-refractivity contribution >= 4 is 0 Å². The van der Waals surface area contributed by atoms with Crippen molar-refractivity contribution in [2.45, 2.75) is 31.8 Å². The van der Waals surface area contributed by atoms with Gasteiger partial charge in [0.25, 0.3) is 0 Å². The first-order valence-electron chi connectivity index (χ1n) is 4.92. The third kappa shape index (κ3) is 2.78. The summed E-state index contributed by atoms with van der Waals surface area (Å²) in [7, 11) is 1.66. The van der Waals surface area contributed by atoms with Gasteiger partial charge in [0.2, 0.25) is 11.8 Å². The number of hydrogen-bond donors (Lipinski definition) is 1. The van der Waals surface area contributed by atoms with Crippen molar-refractivity contribution in [2.24, 2.45) is 0 Å². The smallest absolute Gasteiger partial charge is 0.230 e. The van der Waals surface area contributed by atoms with Crippen LogP contribution in [-0.2, 0) is 17.7 Å². The van der Waals surface area contributed by atoms with Crippen LogP contribution in [0, 0.1) is 0 Å². The molecule has 2 rings (SSSR count). The Hall–Kier alpha value is -0.940. The predicted octanol–water partition coefficient (Wildman–Crippen LogP) is 0.510. The summed E-state index contributed by atoms with van der Waals surface area (Å²) < 4.78 is 10.3.